The van der Waals surface area contributed by atoms with Crippen LogP contribution in [0.4, 0.5) is 5.82 Å². The van der Waals surface area contributed by atoms with Crippen molar-refractivity contribution < 1.29 is 4.52 Å². The van der Waals surface area contributed by atoms with Crippen LogP contribution in [0, 0.1) is 0 Å². The molecule has 0 amide bonds. The molecule has 1 heterocycles. The molecule has 20 heavy (non-hydrogen) atoms. The number of nitrogens with zero attached hydrogens (tertiary/aromatic N) is 1. The van der Waals surface area contributed by atoms with Crippen molar-refractivity contribution in [1.29, 1.82) is 0 Å². The molecule has 0 spiro atoms. The Hall–Kier alpha value is -1.29. The van der Waals surface area contributed by atoms with Gasteiger partial charge >= 0.3 is 0 Å². The minimum atomic E-state index is 0.455. The maximum Gasteiger partial charge on any atom is 0.175 e. The van der Waals surface area contributed by atoms with E-state index in [1.165, 1.54) is 38.5 Å². The Bertz CT molecular complexity index is 586. The Morgan fingerprint density at radius 3 is 2.60 bits per heavy atom. The van der Waals surface area contributed by atoms with E-state index in [0.717, 1.165) is 21.4 Å². The molecule has 0 atom stereocenters. The predicted molar refractivity (Wildman–Crippen MR) is 84.5 cm³/mol. The monoisotopic (exact) mass is 334 g/mol. The van der Waals surface area contributed by atoms with E-state index in [-0.39, 0.29) is 0 Å². The van der Waals surface area contributed by atoms with Gasteiger partial charge in [0.05, 0.1) is 5.56 Å². The first-order chi connectivity index (χ1) is 9.75. The van der Waals surface area contributed by atoms with Crippen LogP contribution < -0.4 is 5.73 Å². The fourth-order valence-electron chi connectivity index (χ4n) is 3.07. The van der Waals surface area contributed by atoms with Gasteiger partial charge in [0.25, 0.3) is 0 Å². The highest BCUT2D eigenvalue weighted by Crippen LogP contribution is 2.40. The molecule has 3 rings (SSSR count). The average molecular weight is 335 g/mol. The minimum absolute atomic E-state index is 0.455. The van der Waals surface area contributed by atoms with Gasteiger partial charge in [0.2, 0.25) is 0 Å². The van der Waals surface area contributed by atoms with Crippen LogP contribution in [0.5, 0.6) is 0 Å². The number of rotatable bonds is 2. The van der Waals surface area contributed by atoms with Crippen LogP contribution in [-0.4, -0.2) is 5.16 Å². The summed E-state index contributed by atoms with van der Waals surface area (Å²) in [5.41, 5.74) is 8.11. The van der Waals surface area contributed by atoms with Gasteiger partial charge in [-0.25, -0.2) is 0 Å². The Morgan fingerprint density at radius 2 is 1.90 bits per heavy atom. The summed E-state index contributed by atoms with van der Waals surface area (Å²) < 4.78 is 6.64. The molecule has 106 valence electrons. The van der Waals surface area contributed by atoms with Gasteiger partial charge in [0, 0.05) is 10.4 Å². The lowest BCUT2D eigenvalue weighted by molar-refractivity contribution is 0.350. The summed E-state index contributed by atoms with van der Waals surface area (Å²) in [5, 5.41) is 4.02. The van der Waals surface area contributed by atoms with Crippen LogP contribution in [0.2, 0.25) is 0 Å². The van der Waals surface area contributed by atoms with E-state index in [2.05, 4.69) is 33.2 Å². The van der Waals surface area contributed by atoms with Crippen molar-refractivity contribution in [3.8, 4) is 11.1 Å². The maximum atomic E-state index is 6.05. The lowest BCUT2D eigenvalue weighted by atomic mass is 9.92. The maximum absolute atomic E-state index is 6.05. The van der Waals surface area contributed by atoms with Crippen molar-refractivity contribution >= 4 is 21.7 Å². The number of nitrogen functional groups attached to an aromatic ring is 1. The number of hydrogen-bond donors (Lipinski definition) is 1. The summed E-state index contributed by atoms with van der Waals surface area (Å²) in [6, 6.07) is 8.16. The summed E-state index contributed by atoms with van der Waals surface area (Å²) in [5.74, 6) is 1.93. The van der Waals surface area contributed by atoms with E-state index in [4.69, 9.17) is 10.3 Å². The fourth-order valence-corrected chi connectivity index (χ4v) is 3.47. The van der Waals surface area contributed by atoms with Crippen molar-refractivity contribution in [2.24, 2.45) is 0 Å². The van der Waals surface area contributed by atoms with Crippen LogP contribution in [0.3, 0.4) is 0 Å². The molecule has 1 aliphatic rings. The Labute approximate surface area is 127 Å². The van der Waals surface area contributed by atoms with Crippen molar-refractivity contribution in [2.45, 2.75) is 44.4 Å². The highest BCUT2D eigenvalue weighted by molar-refractivity contribution is 9.10. The van der Waals surface area contributed by atoms with Gasteiger partial charge in [0.1, 0.15) is 5.76 Å². The standard InChI is InChI=1S/C16H19BrN2O/c17-13-9-5-8-12(10-13)14-15(20-19-16(14)18)11-6-3-1-2-4-7-11/h5,8-11H,1-4,6-7H2,(H2,18,19). The highest BCUT2D eigenvalue weighted by atomic mass is 79.9. The fraction of sp³-hybridized carbons (Fsp3) is 0.438. The second kappa shape index (κ2) is 6.00. The van der Waals surface area contributed by atoms with E-state index in [9.17, 15) is 0 Å². The Kier molecular flexibility index (Phi) is 4.10. The Balaban J connectivity index is 2.00. The first-order valence-electron chi connectivity index (χ1n) is 7.26. The van der Waals surface area contributed by atoms with E-state index < -0.39 is 0 Å². The van der Waals surface area contributed by atoms with E-state index >= 15 is 0 Å². The smallest absolute Gasteiger partial charge is 0.175 e. The molecule has 0 bridgehead atoms. The minimum Gasteiger partial charge on any atom is -0.380 e. The van der Waals surface area contributed by atoms with Crippen LogP contribution in [-0.2, 0) is 0 Å². The topological polar surface area (TPSA) is 52.0 Å². The lowest BCUT2D eigenvalue weighted by Gasteiger charge is -2.12. The number of halogens is 1. The second-order valence-electron chi connectivity index (χ2n) is 5.51. The molecular weight excluding hydrogens is 316 g/mol. The number of hydrogen-bond acceptors (Lipinski definition) is 3. The molecule has 0 aliphatic heterocycles. The third-order valence-electron chi connectivity index (χ3n) is 4.08. The summed E-state index contributed by atoms with van der Waals surface area (Å²) >= 11 is 3.51. The molecule has 1 aromatic heterocycles. The predicted octanol–water partition coefficient (Wildman–Crippen LogP) is 5.12. The van der Waals surface area contributed by atoms with Gasteiger partial charge in [-0.05, 0) is 30.5 Å². The van der Waals surface area contributed by atoms with Gasteiger partial charge in [-0.2, -0.15) is 0 Å². The van der Waals surface area contributed by atoms with Gasteiger partial charge < -0.3 is 10.3 Å². The summed E-state index contributed by atoms with van der Waals surface area (Å²) in [7, 11) is 0. The molecular formula is C16H19BrN2O. The molecule has 3 nitrogen and oxygen atoms in total. The third-order valence-corrected chi connectivity index (χ3v) is 4.58. The van der Waals surface area contributed by atoms with Crippen LogP contribution in [0.15, 0.2) is 33.3 Å². The zero-order valence-electron chi connectivity index (χ0n) is 11.4. The number of aromatic nitrogens is 1. The molecule has 2 aromatic rings. The summed E-state index contributed by atoms with van der Waals surface area (Å²) in [6.45, 7) is 0. The summed E-state index contributed by atoms with van der Waals surface area (Å²) in [4.78, 5) is 0. The van der Waals surface area contributed by atoms with Gasteiger partial charge in [-0.15, -0.1) is 0 Å². The molecule has 1 aliphatic carbocycles. The van der Waals surface area contributed by atoms with Crippen molar-refractivity contribution in [1.82, 2.24) is 5.16 Å². The Morgan fingerprint density at radius 1 is 1.15 bits per heavy atom. The number of anilines is 1. The van der Waals surface area contributed by atoms with Gasteiger partial charge in [-0.3, -0.25) is 0 Å². The SMILES string of the molecule is Nc1noc(C2CCCCCC2)c1-c1cccc(Br)c1. The van der Waals surface area contributed by atoms with E-state index in [0.29, 0.717) is 11.7 Å². The van der Waals surface area contributed by atoms with Crippen LogP contribution >= 0.6 is 15.9 Å². The quantitative estimate of drug-likeness (QED) is 0.775. The largest absolute Gasteiger partial charge is 0.380 e. The van der Waals surface area contributed by atoms with Gasteiger partial charge in [-0.1, -0.05) is 58.9 Å². The van der Waals surface area contributed by atoms with E-state index in [1.807, 2.05) is 12.1 Å². The molecule has 1 aromatic carbocycles. The molecule has 1 fully saturated rings. The zero-order valence-corrected chi connectivity index (χ0v) is 13.0. The van der Waals surface area contributed by atoms with Crippen LogP contribution in [0.25, 0.3) is 11.1 Å². The lowest BCUT2D eigenvalue weighted by Crippen LogP contribution is -1.98. The number of nitrogens with two attached hydrogens (primary N) is 1. The normalized spacial score (nSPS) is 17.1. The molecule has 1 saturated carbocycles. The first kappa shape index (κ1) is 13.7. The van der Waals surface area contributed by atoms with Gasteiger partial charge in [0.15, 0.2) is 5.82 Å². The van der Waals surface area contributed by atoms with E-state index in [1.54, 1.807) is 0 Å². The molecule has 2 N–H and O–H groups in total. The van der Waals surface area contributed by atoms with Crippen molar-refractivity contribution in [3.63, 3.8) is 0 Å². The average Bonchev–Trinajstić information content (AvgIpc) is 2.65. The van der Waals surface area contributed by atoms with Crippen molar-refractivity contribution in [2.75, 3.05) is 5.73 Å². The molecule has 0 radical (unpaired) electrons. The number of benzene rings is 1. The molecule has 4 heteroatoms. The summed E-state index contributed by atoms with van der Waals surface area (Å²) in [6.07, 6.45) is 7.54. The first-order valence-corrected chi connectivity index (χ1v) is 8.06. The van der Waals surface area contributed by atoms with Crippen molar-refractivity contribution in [3.05, 3.63) is 34.5 Å². The zero-order chi connectivity index (χ0) is 13.9. The highest BCUT2D eigenvalue weighted by Gasteiger charge is 2.25. The third kappa shape index (κ3) is 2.75. The molecule has 0 unspecified atom stereocenters. The molecule has 0 saturated heterocycles. The van der Waals surface area contributed by atoms with Crippen LogP contribution in [0.1, 0.15) is 50.2 Å². The second-order valence-corrected chi connectivity index (χ2v) is 6.42.